The minimum atomic E-state index is 0.833. The predicted octanol–water partition coefficient (Wildman–Crippen LogP) is 16.2. The summed E-state index contributed by atoms with van der Waals surface area (Å²) in [6.45, 7) is 4.47. The molecule has 0 unspecified atom stereocenters. The van der Waals surface area contributed by atoms with E-state index in [9.17, 15) is 0 Å². The third-order valence-electron chi connectivity index (χ3n) is 11.4. The standard InChI is InChI=1S/C56H37NO2/c1-37(23-24-38-25-26-41-15-8-9-18-43(41)35-38)39-27-30-45(31-28-39)57(49-20-12-22-52-54(49)47-19-10-11-21-51(47)58-52)50-34-33-46(42-16-6-3-7-17-42)56-55(50)48-32-29-44(36-53(48)59-56)40-13-4-2-5-14-40/h2-36H,1H2/b24-23-. The van der Waals surface area contributed by atoms with Crippen LogP contribution in [0.3, 0.4) is 0 Å². The van der Waals surface area contributed by atoms with E-state index < -0.39 is 0 Å². The zero-order valence-electron chi connectivity index (χ0n) is 32.2. The molecule has 0 amide bonds. The summed E-state index contributed by atoms with van der Waals surface area (Å²) in [6, 6.07) is 70.3. The maximum Gasteiger partial charge on any atom is 0.145 e. The summed E-state index contributed by atoms with van der Waals surface area (Å²) in [5.41, 5.74) is 13.9. The van der Waals surface area contributed by atoms with Gasteiger partial charge in [-0.15, -0.1) is 0 Å². The molecule has 0 aliphatic heterocycles. The van der Waals surface area contributed by atoms with E-state index in [1.165, 1.54) is 10.8 Å². The molecule has 0 N–H and O–H groups in total. The third-order valence-corrected chi connectivity index (χ3v) is 11.4. The average molecular weight is 756 g/mol. The predicted molar refractivity (Wildman–Crippen MR) is 249 cm³/mol. The molecule has 0 aliphatic rings. The van der Waals surface area contributed by atoms with E-state index in [0.29, 0.717) is 0 Å². The van der Waals surface area contributed by atoms with Crippen LogP contribution in [-0.2, 0) is 0 Å². The van der Waals surface area contributed by atoms with Crippen molar-refractivity contribution in [2.45, 2.75) is 0 Å². The van der Waals surface area contributed by atoms with E-state index in [4.69, 9.17) is 8.83 Å². The first-order valence-electron chi connectivity index (χ1n) is 19.9. The molecule has 3 heteroatoms. The van der Waals surface area contributed by atoms with Crippen LogP contribution in [0, 0.1) is 0 Å². The van der Waals surface area contributed by atoms with Crippen molar-refractivity contribution in [1.29, 1.82) is 0 Å². The molecule has 0 radical (unpaired) electrons. The van der Waals surface area contributed by atoms with E-state index in [1.807, 2.05) is 18.2 Å². The van der Waals surface area contributed by atoms with Crippen LogP contribution in [0.25, 0.3) is 88.6 Å². The van der Waals surface area contributed by atoms with Crippen LogP contribution < -0.4 is 4.90 Å². The Morgan fingerprint density at radius 2 is 1.15 bits per heavy atom. The molecular weight excluding hydrogens is 719 g/mol. The van der Waals surface area contributed by atoms with Crippen LogP contribution in [0.4, 0.5) is 17.1 Å². The molecule has 9 aromatic carbocycles. The van der Waals surface area contributed by atoms with Gasteiger partial charge in [0.05, 0.1) is 22.1 Å². The van der Waals surface area contributed by atoms with Gasteiger partial charge in [0.1, 0.15) is 22.3 Å². The number of anilines is 3. The van der Waals surface area contributed by atoms with Crippen molar-refractivity contribution >= 4 is 83.4 Å². The molecule has 0 bridgehead atoms. The fourth-order valence-electron chi connectivity index (χ4n) is 8.48. The molecule has 3 nitrogen and oxygen atoms in total. The molecule has 11 aromatic rings. The molecular formula is C56H37NO2. The highest BCUT2D eigenvalue weighted by Gasteiger charge is 2.25. The molecule has 11 rings (SSSR count). The van der Waals surface area contributed by atoms with E-state index in [-0.39, 0.29) is 0 Å². The first-order chi connectivity index (χ1) is 29.2. The van der Waals surface area contributed by atoms with Gasteiger partial charge in [0.2, 0.25) is 0 Å². The molecule has 59 heavy (non-hydrogen) atoms. The van der Waals surface area contributed by atoms with Crippen LogP contribution in [0.5, 0.6) is 0 Å². The molecule has 0 spiro atoms. The highest BCUT2D eigenvalue weighted by atomic mass is 16.3. The lowest BCUT2D eigenvalue weighted by Crippen LogP contribution is -2.11. The Bertz CT molecular complexity index is 3390. The zero-order valence-corrected chi connectivity index (χ0v) is 32.2. The number of rotatable bonds is 8. The maximum atomic E-state index is 6.98. The molecule has 0 aliphatic carbocycles. The van der Waals surface area contributed by atoms with E-state index >= 15 is 0 Å². The van der Waals surface area contributed by atoms with Gasteiger partial charge < -0.3 is 13.7 Å². The van der Waals surface area contributed by atoms with Crippen LogP contribution in [0.15, 0.2) is 222 Å². The number of nitrogens with zero attached hydrogens (tertiary/aromatic N) is 1. The first-order valence-corrected chi connectivity index (χ1v) is 19.9. The Morgan fingerprint density at radius 3 is 1.98 bits per heavy atom. The third kappa shape index (κ3) is 6.08. The van der Waals surface area contributed by atoms with Crippen molar-refractivity contribution in [3.05, 3.63) is 224 Å². The Balaban J connectivity index is 1.10. The Labute approximate surface area is 342 Å². The van der Waals surface area contributed by atoms with Crippen LogP contribution in [0.1, 0.15) is 11.1 Å². The van der Waals surface area contributed by atoms with Gasteiger partial charge in [0, 0.05) is 22.0 Å². The van der Waals surface area contributed by atoms with E-state index in [1.54, 1.807) is 0 Å². The molecule has 0 fully saturated rings. The van der Waals surface area contributed by atoms with Gasteiger partial charge in [-0.05, 0) is 105 Å². The molecule has 0 saturated heterocycles. The van der Waals surface area contributed by atoms with Crippen molar-refractivity contribution in [2.24, 2.45) is 0 Å². The lowest BCUT2D eigenvalue weighted by Gasteiger charge is -2.27. The van der Waals surface area contributed by atoms with Gasteiger partial charge in [0.25, 0.3) is 0 Å². The largest absolute Gasteiger partial charge is 0.456 e. The summed E-state index contributed by atoms with van der Waals surface area (Å²) >= 11 is 0. The fraction of sp³-hybridized carbons (Fsp3) is 0. The number of hydrogen-bond acceptors (Lipinski definition) is 3. The second-order valence-corrected chi connectivity index (χ2v) is 15.0. The Morgan fingerprint density at radius 1 is 0.458 bits per heavy atom. The van der Waals surface area contributed by atoms with Gasteiger partial charge in [0.15, 0.2) is 0 Å². The highest BCUT2D eigenvalue weighted by molar-refractivity contribution is 6.20. The van der Waals surface area contributed by atoms with Gasteiger partial charge in [-0.25, -0.2) is 0 Å². The van der Waals surface area contributed by atoms with Crippen LogP contribution in [-0.4, -0.2) is 0 Å². The monoisotopic (exact) mass is 755 g/mol. The molecule has 278 valence electrons. The number of fused-ring (bicyclic) bond motifs is 7. The smallest absolute Gasteiger partial charge is 0.145 e. The van der Waals surface area contributed by atoms with Crippen molar-refractivity contribution < 1.29 is 8.83 Å². The topological polar surface area (TPSA) is 29.5 Å². The van der Waals surface area contributed by atoms with Gasteiger partial charge in [-0.2, -0.15) is 0 Å². The van der Waals surface area contributed by atoms with E-state index in [2.05, 4.69) is 206 Å². The Kier molecular flexibility index (Phi) is 8.30. The normalized spacial score (nSPS) is 11.7. The molecule has 2 heterocycles. The van der Waals surface area contributed by atoms with Gasteiger partial charge in [-0.1, -0.05) is 158 Å². The van der Waals surface area contributed by atoms with Crippen molar-refractivity contribution in [1.82, 2.24) is 0 Å². The van der Waals surface area contributed by atoms with Gasteiger partial charge >= 0.3 is 0 Å². The average Bonchev–Trinajstić information content (AvgIpc) is 3.88. The summed E-state index contributed by atoms with van der Waals surface area (Å²) in [5, 5.41) is 6.65. The second-order valence-electron chi connectivity index (χ2n) is 15.0. The maximum absolute atomic E-state index is 6.98. The molecule has 0 atom stereocenters. The van der Waals surface area contributed by atoms with Crippen molar-refractivity contribution in [2.75, 3.05) is 4.90 Å². The minimum Gasteiger partial charge on any atom is -0.456 e. The minimum absolute atomic E-state index is 0.833. The number of furan rings is 2. The van der Waals surface area contributed by atoms with Gasteiger partial charge in [-0.3, -0.25) is 0 Å². The zero-order chi connectivity index (χ0) is 39.3. The number of allylic oxidation sites excluding steroid dienone is 2. The van der Waals surface area contributed by atoms with E-state index in [0.717, 1.165) is 99.9 Å². The molecule has 0 saturated carbocycles. The van der Waals surface area contributed by atoms with Crippen LogP contribution in [0.2, 0.25) is 0 Å². The quantitative estimate of drug-likeness (QED) is 0.145. The second kappa shape index (κ2) is 14.3. The molecule has 2 aromatic heterocycles. The number of benzene rings is 9. The first kappa shape index (κ1) is 34.4. The summed E-state index contributed by atoms with van der Waals surface area (Å²) in [7, 11) is 0. The SMILES string of the molecule is C=C(/C=C\c1ccc2ccccc2c1)c1ccc(N(c2cccc3oc4ccccc4c23)c2ccc(-c3ccccc3)c3oc4cc(-c5ccccc5)ccc4c23)cc1. The summed E-state index contributed by atoms with van der Waals surface area (Å²) in [5.74, 6) is 0. The van der Waals surface area contributed by atoms with Crippen molar-refractivity contribution in [3.8, 4) is 22.3 Å². The highest BCUT2D eigenvalue weighted by Crippen LogP contribution is 2.49. The lowest BCUT2D eigenvalue weighted by molar-refractivity contribution is 0.669. The fourth-order valence-corrected chi connectivity index (χ4v) is 8.48. The number of para-hydroxylation sites is 1. The van der Waals surface area contributed by atoms with Crippen molar-refractivity contribution in [3.63, 3.8) is 0 Å². The summed E-state index contributed by atoms with van der Waals surface area (Å²) in [4.78, 5) is 2.36. The van der Waals surface area contributed by atoms with Crippen LogP contribution >= 0.6 is 0 Å². The summed E-state index contributed by atoms with van der Waals surface area (Å²) < 4.78 is 13.4. The summed E-state index contributed by atoms with van der Waals surface area (Å²) in [6.07, 6.45) is 4.24. The lowest BCUT2D eigenvalue weighted by atomic mass is 9.98. The number of hydrogen-bond donors (Lipinski definition) is 0. The Hall–Kier alpha value is -7.88.